The van der Waals surface area contributed by atoms with Crippen LogP contribution in [0.5, 0.6) is 0 Å². The molecular weight excluding hydrogens is 1110 g/mol. The minimum absolute atomic E-state index is 0.0422. The van der Waals surface area contributed by atoms with Crippen LogP contribution in [0.15, 0.2) is 48.6 Å². The molecule has 0 aliphatic rings. The van der Waals surface area contributed by atoms with E-state index in [1.54, 1.807) is 0 Å². The van der Waals surface area contributed by atoms with Gasteiger partial charge in [0.05, 0.1) is 33.8 Å². The molecule has 0 aliphatic heterocycles. The Labute approximate surface area is 548 Å². The maximum Gasteiger partial charge on any atom is 0.472 e. The molecule has 0 bridgehead atoms. The molecule has 0 aliphatic carbocycles. The highest BCUT2D eigenvalue weighted by Crippen LogP contribution is 2.43. The molecule has 0 saturated heterocycles. The second kappa shape index (κ2) is 67.8. The second-order valence-electron chi connectivity index (χ2n) is 27.5. The normalized spacial score (nSPS) is 13.7. The first kappa shape index (κ1) is 86.0. The standard InChI is InChI=1S/C78H149N2O7P/c1-7-10-13-16-19-22-25-28-30-32-34-36-38-39-40-41-43-45-47-49-51-53-56-59-62-65-68-71-78(82)87-76(69-66-63-60-57-54-27-24-21-18-15-12-9-3)75(74-86-88(83,84)85-73-72-80(4,5)6)79-77(81)70-67-64-61-58-55-52-50-48-46-44-42-37-35-33-31-29-26-23-20-17-14-11-8-2/h20,23,28-31,66,69,75-76H,7-19,21-22,24-27,32-65,67-68,70-74H2,1-6H3,(H-,79,81,83,84)/p+1/b23-20-,30-28+,31-29-,69-66+. The monoisotopic (exact) mass is 1260 g/mol. The molecule has 10 heteroatoms. The quantitative estimate of drug-likeness (QED) is 0.0205. The Hall–Kier alpha value is -2.03. The fourth-order valence-electron chi connectivity index (χ4n) is 11.6. The number of phosphoric acid groups is 1. The first-order valence-corrected chi connectivity index (χ1v) is 40.0. The number of amides is 1. The number of carbonyl (C=O) groups is 2. The Bertz CT molecular complexity index is 1640. The third-order valence-corrected chi connectivity index (χ3v) is 18.5. The number of likely N-dealkylation sites (N-methyl/N-ethyl adjacent to an activating group) is 1. The van der Waals surface area contributed by atoms with E-state index in [0.29, 0.717) is 23.9 Å². The van der Waals surface area contributed by atoms with Gasteiger partial charge in [0.2, 0.25) is 5.91 Å². The van der Waals surface area contributed by atoms with Gasteiger partial charge in [0.25, 0.3) is 0 Å². The van der Waals surface area contributed by atoms with E-state index in [0.717, 1.165) is 64.2 Å². The fraction of sp³-hybridized carbons (Fsp3) is 0.872. The SMILES string of the molecule is CCCCC/C=C\C/C=C\CCCCCCCCCCCCCCCC(=O)NC(COP(=O)(O)OCC[N+](C)(C)C)C(/C=C/CCCCCCCCCCCC)OC(=O)CCCCCCCCCCCCCCCCCCC/C=C/CCCCCCCC. The maximum atomic E-state index is 13.6. The van der Waals surface area contributed by atoms with Crippen molar-refractivity contribution in [1.82, 2.24) is 5.32 Å². The Kier molecular flexibility index (Phi) is 66.3. The number of unbranched alkanes of at least 4 members (excludes halogenated alkanes) is 49. The molecule has 3 atom stereocenters. The molecule has 1 amide bonds. The number of hydrogen-bond acceptors (Lipinski definition) is 6. The average Bonchev–Trinajstić information content (AvgIpc) is 3.53. The van der Waals surface area contributed by atoms with E-state index in [1.165, 1.54) is 289 Å². The van der Waals surface area contributed by atoms with Crippen molar-refractivity contribution < 1.29 is 37.3 Å². The predicted molar refractivity (Wildman–Crippen MR) is 383 cm³/mol. The Morgan fingerprint density at radius 2 is 0.693 bits per heavy atom. The van der Waals surface area contributed by atoms with Crippen LogP contribution in [0.2, 0.25) is 0 Å². The number of esters is 1. The molecule has 2 N–H and O–H groups in total. The van der Waals surface area contributed by atoms with E-state index in [-0.39, 0.29) is 25.1 Å². The van der Waals surface area contributed by atoms with Gasteiger partial charge in [0.1, 0.15) is 19.3 Å². The van der Waals surface area contributed by atoms with Gasteiger partial charge in [-0.25, -0.2) is 4.57 Å². The average molecular weight is 1260 g/mol. The van der Waals surface area contributed by atoms with Gasteiger partial charge in [0.15, 0.2) is 0 Å². The third kappa shape index (κ3) is 68.3. The topological polar surface area (TPSA) is 111 Å². The lowest BCUT2D eigenvalue weighted by molar-refractivity contribution is -0.870. The van der Waals surface area contributed by atoms with Crippen molar-refractivity contribution in [2.45, 2.75) is 399 Å². The Morgan fingerprint density at radius 3 is 1.06 bits per heavy atom. The van der Waals surface area contributed by atoms with Gasteiger partial charge >= 0.3 is 13.8 Å². The summed E-state index contributed by atoms with van der Waals surface area (Å²) < 4.78 is 30.9. The van der Waals surface area contributed by atoms with E-state index in [4.69, 9.17) is 13.8 Å². The summed E-state index contributed by atoms with van der Waals surface area (Å²) in [5, 5.41) is 3.08. The molecule has 518 valence electrons. The van der Waals surface area contributed by atoms with Crippen LogP contribution >= 0.6 is 7.82 Å². The number of carbonyl (C=O) groups excluding carboxylic acids is 2. The van der Waals surface area contributed by atoms with Gasteiger partial charge in [0, 0.05) is 12.8 Å². The lowest BCUT2D eigenvalue weighted by Crippen LogP contribution is -2.47. The molecule has 0 aromatic rings. The predicted octanol–water partition coefficient (Wildman–Crippen LogP) is 24.7. The molecule has 9 nitrogen and oxygen atoms in total. The fourth-order valence-corrected chi connectivity index (χ4v) is 12.3. The number of allylic oxidation sites excluding steroid dienone is 7. The summed E-state index contributed by atoms with van der Waals surface area (Å²) in [6.45, 7) is 7.05. The summed E-state index contributed by atoms with van der Waals surface area (Å²) in [6, 6.07) is -0.848. The maximum absolute atomic E-state index is 13.6. The number of hydrogen-bond donors (Lipinski definition) is 2. The van der Waals surface area contributed by atoms with Crippen LogP contribution in [0.3, 0.4) is 0 Å². The summed E-state index contributed by atoms with van der Waals surface area (Å²) in [5.74, 6) is -0.486. The van der Waals surface area contributed by atoms with Crippen LogP contribution in [0.1, 0.15) is 387 Å². The lowest BCUT2D eigenvalue weighted by Gasteiger charge is -2.27. The molecule has 0 aromatic carbocycles. The Balaban J connectivity index is 4.93. The van der Waals surface area contributed by atoms with E-state index >= 15 is 0 Å². The first-order valence-electron chi connectivity index (χ1n) is 38.5. The highest BCUT2D eigenvalue weighted by Gasteiger charge is 2.30. The van der Waals surface area contributed by atoms with Gasteiger partial charge < -0.3 is 19.4 Å². The van der Waals surface area contributed by atoms with E-state index in [1.807, 2.05) is 27.2 Å². The van der Waals surface area contributed by atoms with Crippen molar-refractivity contribution in [3.63, 3.8) is 0 Å². The van der Waals surface area contributed by atoms with E-state index in [9.17, 15) is 19.0 Å². The summed E-state index contributed by atoms with van der Waals surface area (Å²) in [7, 11) is 1.51. The summed E-state index contributed by atoms with van der Waals surface area (Å²) in [5.41, 5.74) is 0. The minimum Gasteiger partial charge on any atom is -0.456 e. The van der Waals surface area contributed by atoms with Crippen LogP contribution < -0.4 is 5.32 Å². The van der Waals surface area contributed by atoms with Gasteiger partial charge in [-0.15, -0.1) is 0 Å². The van der Waals surface area contributed by atoms with Gasteiger partial charge in [-0.3, -0.25) is 18.6 Å². The number of nitrogens with one attached hydrogen (secondary N) is 1. The van der Waals surface area contributed by atoms with Crippen molar-refractivity contribution in [2.24, 2.45) is 0 Å². The van der Waals surface area contributed by atoms with Crippen molar-refractivity contribution >= 4 is 19.7 Å². The lowest BCUT2D eigenvalue weighted by atomic mass is 10.0. The molecule has 0 radical (unpaired) electrons. The van der Waals surface area contributed by atoms with Crippen LogP contribution in [-0.4, -0.2) is 74.3 Å². The van der Waals surface area contributed by atoms with Crippen LogP contribution in [0, 0.1) is 0 Å². The highest BCUT2D eigenvalue weighted by molar-refractivity contribution is 7.47. The highest BCUT2D eigenvalue weighted by atomic mass is 31.2. The van der Waals surface area contributed by atoms with Gasteiger partial charge in [-0.2, -0.15) is 0 Å². The van der Waals surface area contributed by atoms with Gasteiger partial charge in [-0.1, -0.05) is 333 Å². The largest absolute Gasteiger partial charge is 0.472 e. The minimum atomic E-state index is -4.45. The number of quaternary nitrogens is 1. The molecule has 0 fully saturated rings. The molecule has 0 spiro atoms. The zero-order valence-corrected chi connectivity index (χ0v) is 60.4. The molecule has 0 heterocycles. The van der Waals surface area contributed by atoms with Gasteiger partial charge in [-0.05, 0) is 89.5 Å². The molecule has 0 saturated carbocycles. The zero-order valence-electron chi connectivity index (χ0n) is 59.5. The Morgan fingerprint density at radius 1 is 0.398 bits per heavy atom. The zero-order chi connectivity index (χ0) is 64.2. The van der Waals surface area contributed by atoms with Crippen LogP contribution in [-0.2, 0) is 27.9 Å². The first-order chi connectivity index (χ1) is 42.9. The van der Waals surface area contributed by atoms with Crippen molar-refractivity contribution in [3.05, 3.63) is 48.6 Å². The van der Waals surface area contributed by atoms with Crippen LogP contribution in [0.25, 0.3) is 0 Å². The molecular formula is C78H150N2O7P+. The van der Waals surface area contributed by atoms with Crippen molar-refractivity contribution in [2.75, 3.05) is 40.9 Å². The van der Waals surface area contributed by atoms with Crippen molar-refractivity contribution in [3.8, 4) is 0 Å². The van der Waals surface area contributed by atoms with Crippen molar-refractivity contribution in [1.29, 1.82) is 0 Å². The number of rotatable bonds is 71. The number of phosphoric ester groups is 1. The molecule has 3 unspecified atom stereocenters. The number of nitrogens with zero attached hydrogens (tertiary/aromatic N) is 1. The van der Waals surface area contributed by atoms with Crippen LogP contribution in [0.4, 0.5) is 0 Å². The summed E-state index contributed by atoms with van der Waals surface area (Å²) in [4.78, 5) is 38.0. The van der Waals surface area contributed by atoms with E-state index < -0.39 is 20.0 Å². The van der Waals surface area contributed by atoms with E-state index in [2.05, 4.69) is 68.6 Å². The smallest absolute Gasteiger partial charge is 0.456 e. The third-order valence-electron chi connectivity index (χ3n) is 17.5. The molecule has 0 rings (SSSR count). The number of ether oxygens (including phenoxy) is 1. The summed E-state index contributed by atoms with van der Waals surface area (Å²) >= 11 is 0. The molecule has 88 heavy (non-hydrogen) atoms. The molecule has 0 aromatic heterocycles. The summed E-state index contributed by atoms with van der Waals surface area (Å²) in [6.07, 6.45) is 87.1. The second-order valence-corrected chi connectivity index (χ2v) is 29.0.